The van der Waals surface area contributed by atoms with E-state index in [1.165, 1.54) is 18.2 Å². The zero-order valence-corrected chi connectivity index (χ0v) is 15.5. The minimum absolute atomic E-state index is 0.00476. The van der Waals surface area contributed by atoms with Gasteiger partial charge in [-0.25, -0.2) is 9.97 Å². The first kappa shape index (κ1) is 21.5. The van der Waals surface area contributed by atoms with Crippen LogP contribution in [0.25, 0.3) is 0 Å². The molecule has 5 nitrogen and oxygen atoms in total. The number of anilines is 5. The minimum Gasteiger partial charge on any atom is -0.393 e. The molecule has 12 heteroatoms. The quantitative estimate of drug-likeness (QED) is 0.413. The van der Waals surface area contributed by atoms with E-state index in [0.29, 0.717) is 0 Å². The number of alkyl halides is 6. The highest BCUT2D eigenvalue weighted by atomic mass is 35.5. The van der Waals surface area contributed by atoms with Crippen molar-refractivity contribution in [2.75, 3.05) is 16.4 Å². The standard InChI is InChI=1S/C18H12ClF6N5/c19-13-6-5-11(7-12(13)18(23,24)25)30-16-14(26)15(27-8-28-16)29-10-3-1-9(2-4-10)17(20,21)22/h1-8H,26H2,(H2,27,28,29,30). The van der Waals surface area contributed by atoms with Crippen molar-refractivity contribution in [3.63, 3.8) is 0 Å². The molecule has 1 aromatic heterocycles. The molecule has 0 unspecified atom stereocenters. The first-order valence-electron chi connectivity index (χ1n) is 8.13. The Morgan fingerprint density at radius 1 is 0.767 bits per heavy atom. The third kappa shape index (κ3) is 4.85. The van der Waals surface area contributed by atoms with E-state index in [0.717, 1.165) is 30.6 Å². The van der Waals surface area contributed by atoms with Gasteiger partial charge in [0.05, 0.1) is 16.1 Å². The maximum atomic E-state index is 13.0. The van der Waals surface area contributed by atoms with Crippen molar-refractivity contribution in [2.45, 2.75) is 12.4 Å². The zero-order valence-electron chi connectivity index (χ0n) is 14.7. The molecule has 3 aromatic rings. The molecule has 0 aliphatic rings. The number of nitrogens with zero attached hydrogens (tertiary/aromatic N) is 2. The summed E-state index contributed by atoms with van der Waals surface area (Å²) in [5.74, 6) is 0.0483. The second-order valence-electron chi connectivity index (χ2n) is 6.00. The summed E-state index contributed by atoms with van der Waals surface area (Å²) in [7, 11) is 0. The van der Waals surface area contributed by atoms with Crippen LogP contribution < -0.4 is 16.4 Å². The average Bonchev–Trinajstić information content (AvgIpc) is 2.65. The summed E-state index contributed by atoms with van der Waals surface area (Å²) in [4.78, 5) is 7.79. The predicted octanol–water partition coefficient (Wildman–Crippen LogP) is 6.24. The lowest BCUT2D eigenvalue weighted by Gasteiger charge is -2.15. The van der Waals surface area contributed by atoms with Gasteiger partial charge in [-0.2, -0.15) is 26.3 Å². The van der Waals surface area contributed by atoms with E-state index < -0.39 is 28.5 Å². The van der Waals surface area contributed by atoms with Gasteiger partial charge < -0.3 is 16.4 Å². The van der Waals surface area contributed by atoms with Gasteiger partial charge in [0.25, 0.3) is 0 Å². The van der Waals surface area contributed by atoms with Gasteiger partial charge in [-0.05, 0) is 42.5 Å². The van der Waals surface area contributed by atoms with Crippen molar-refractivity contribution in [1.82, 2.24) is 9.97 Å². The second kappa shape index (κ2) is 7.90. The Morgan fingerprint density at radius 3 is 1.83 bits per heavy atom. The van der Waals surface area contributed by atoms with Crippen molar-refractivity contribution in [1.29, 1.82) is 0 Å². The molecular formula is C18H12ClF6N5. The van der Waals surface area contributed by atoms with Crippen molar-refractivity contribution in [3.05, 3.63) is 64.9 Å². The van der Waals surface area contributed by atoms with Gasteiger partial charge in [-0.1, -0.05) is 11.6 Å². The Balaban J connectivity index is 1.84. The maximum absolute atomic E-state index is 13.0. The van der Waals surface area contributed by atoms with E-state index in [4.69, 9.17) is 17.3 Å². The van der Waals surface area contributed by atoms with Gasteiger partial charge in [0.1, 0.15) is 12.0 Å². The molecule has 0 radical (unpaired) electrons. The zero-order chi connectivity index (χ0) is 22.1. The maximum Gasteiger partial charge on any atom is 0.417 e. The van der Waals surface area contributed by atoms with Crippen LogP contribution in [0.1, 0.15) is 11.1 Å². The molecule has 0 aliphatic carbocycles. The molecule has 0 fully saturated rings. The number of hydrogen-bond acceptors (Lipinski definition) is 5. The van der Waals surface area contributed by atoms with E-state index in [1.807, 2.05) is 0 Å². The summed E-state index contributed by atoms with van der Waals surface area (Å²) in [6.45, 7) is 0. The number of nitrogen functional groups attached to an aromatic ring is 1. The number of rotatable bonds is 4. The number of aromatic nitrogens is 2. The van der Waals surface area contributed by atoms with Gasteiger partial charge in [-0.3, -0.25) is 0 Å². The molecule has 0 aliphatic heterocycles. The molecule has 0 saturated heterocycles. The molecule has 4 N–H and O–H groups in total. The molecule has 0 atom stereocenters. The largest absolute Gasteiger partial charge is 0.417 e. The van der Waals surface area contributed by atoms with E-state index >= 15 is 0 Å². The van der Waals surface area contributed by atoms with Crippen molar-refractivity contribution >= 4 is 40.3 Å². The number of halogens is 7. The Hall–Kier alpha value is -3.21. The van der Waals surface area contributed by atoms with Gasteiger partial charge in [0.15, 0.2) is 11.6 Å². The lowest BCUT2D eigenvalue weighted by Crippen LogP contribution is -2.08. The van der Waals surface area contributed by atoms with E-state index in [9.17, 15) is 26.3 Å². The fourth-order valence-corrected chi connectivity index (χ4v) is 2.66. The second-order valence-corrected chi connectivity index (χ2v) is 6.41. The Labute approximate surface area is 170 Å². The SMILES string of the molecule is Nc1c(Nc2ccc(C(F)(F)F)cc2)ncnc1Nc1ccc(Cl)c(C(F)(F)F)c1. The third-order valence-corrected chi connectivity index (χ3v) is 4.22. The highest BCUT2D eigenvalue weighted by Crippen LogP contribution is 2.37. The van der Waals surface area contributed by atoms with Crippen LogP contribution in [0.2, 0.25) is 5.02 Å². The first-order valence-corrected chi connectivity index (χ1v) is 8.51. The van der Waals surface area contributed by atoms with Crippen molar-refractivity contribution < 1.29 is 26.3 Å². The first-order chi connectivity index (χ1) is 13.9. The molecular weight excluding hydrogens is 436 g/mol. The molecule has 3 rings (SSSR count). The van der Waals surface area contributed by atoms with Crippen molar-refractivity contribution in [2.24, 2.45) is 0 Å². The fraction of sp³-hybridized carbons (Fsp3) is 0.111. The Kier molecular flexibility index (Phi) is 5.66. The third-order valence-electron chi connectivity index (χ3n) is 3.89. The van der Waals surface area contributed by atoms with Gasteiger partial charge in [-0.15, -0.1) is 0 Å². The van der Waals surface area contributed by atoms with E-state index in [-0.39, 0.29) is 28.7 Å². The minimum atomic E-state index is -4.65. The molecule has 158 valence electrons. The molecule has 0 spiro atoms. The smallest absolute Gasteiger partial charge is 0.393 e. The topological polar surface area (TPSA) is 75.9 Å². The van der Waals surface area contributed by atoms with Crippen LogP contribution in [0, 0.1) is 0 Å². The molecule has 0 amide bonds. The Bertz CT molecular complexity index is 1050. The lowest BCUT2D eigenvalue weighted by atomic mass is 10.2. The van der Waals surface area contributed by atoms with Gasteiger partial charge in [0.2, 0.25) is 0 Å². The monoisotopic (exact) mass is 447 g/mol. The number of hydrogen-bond donors (Lipinski definition) is 3. The van der Waals surface area contributed by atoms with Crippen LogP contribution >= 0.6 is 11.6 Å². The Morgan fingerprint density at radius 2 is 1.30 bits per heavy atom. The summed E-state index contributed by atoms with van der Waals surface area (Å²) in [6.07, 6.45) is -8.04. The molecule has 30 heavy (non-hydrogen) atoms. The number of nitrogens with two attached hydrogens (primary N) is 1. The molecule has 0 bridgehead atoms. The summed E-state index contributed by atoms with van der Waals surface area (Å²) < 4.78 is 77.0. The van der Waals surface area contributed by atoms with E-state index in [2.05, 4.69) is 20.6 Å². The number of benzene rings is 2. The highest BCUT2D eigenvalue weighted by Gasteiger charge is 2.33. The van der Waals surface area contributed by atoms with Crippen molar-refractivity contribution in [3.8, 4) is 0 Å². The van der Waals surface area contributed by atoms with Gasteiger partial charge in [0, 0.05) is 11.4 Å². The van der Waals surface area contributed by atoms with Crippen LogP contribution in [0.3, 0.4) is 0 Å². The molecule has 1 heterocycles. The van der Waals surface area contributed by atoms with Crippen LogP contribution in [-0.4, -0.2) is 9.97 Å². The van der Waals surface area contributed by atoms with Crippen LogP contribution in [0.5, 0.6) is 0 Å². The average molecular weight is 448 g/mol. The molecule has 0 saturated carbocycles. The predicted molar refractivity (Wildman–Crippen MR) is 101 cm³/mol. The summed E-state index contributed by atoms with van der Waals surface area (Å²) in [5.41, 5.74) is 4.33. The summed E-state index contributed by atoms with van der Waals surface area (Å²) in [6, 6.07) is 7.31. The summed E-state index contributed by atoms with van der Waals surface area (Å²) in [5, 5.41) is 4.92. The fourth-order valence-electron chi connectivity index (χ4n) is 2.43. The number of nitrogens with one attached hydrogen (secondary N) is 2. The van der Waals surface area contributed by atoms with Crippen LogP contribution in [-0.2, 0) is 12.4 Å². The molecule has 2 aromatic carbocycles. The van der Waals surface area contributed by atoms with Gasteiger partial charge >= 0.3 is 12.4 Å². The van der Waals surface area contributed by atoms with E-state index in [1.54, 1.807) is 0 Å². The lowest BCUT2D eigenvalue weighted by molar-refractivity contribution is -0.138. The normalized spacial score (nSPS) is 12.0. The van der Waals surface area contributed by atoms with Crippen LogP contribution in [0.4, 0.5) is 55.0 Å². The van der Waals surface area contributed by atoms with Crippen LogP contribution in [0.15, 0.2) is 48.8 Å². The highest BCUT2D eigenvalue weighted by molar-refractivity contribution is 6.31. The summed E-state index contributed by atoms with van der Waals surface area (Å²) >= 11 is 5.59.